The number of nitrogens with one attached hydrogen (secondary N) is 1. The number of benzene rings is 2. The van der Waals surface area contributed by atoms with E-state index in [9.17, 15) is 20.0 Å². The Morgan fingerprint density at radius 2 is 1.64 bits per heavy atom. The van der Waals surface area contributed by atoms with Gasteiger partial charge >= 0.3 is 6.09 Å². The number of aliphatic hydroxyl groups excluding tert-OH is 1. The Morgan fingerprint density at radius 1 is 1.08 bits per heavy atom. The molecule has 0 aromatic heterocycles. The topological polar surface area (TPSA) is 102 Å². The Hall–Kier alpha value is -2.93. The lowest BCUT2D eigenvalue weighted by Crippen LogP contribution is -2.47. The molecule has 132 valence electrons. The molecule has 25 heavy (non-hydrogen) atoms. The smallest absolute Gasteiger partial charge is 0.407 e. The van der Waals surface area contributed by atoms with Gasteiger partial charge in [-0.2, -0.15) is 0 Å². The molecule has 0 spiro atoms. The SMILES string of the molecule is O=C(NC(Cc1ccccc1)C(O)C[N+](=O)[O-])OCc1ccccc1. The van der Waals surface area contributed by atoms with Crippen LogP contribution in [0.3, 0.4) is 0 Å². The molecule has 0 heterocycles. The van der Waals surface area contributed by atoms with Crippen molar-refractivity contribution in [3.63, 3.8) is 0 Å². The summed E-state index contributed by atoms with van der Waals surface area (Å²) in [4.78, 5) is 22.0. The van der Waals surface area contributed by atoms with Gasteiger partial charge in [-0.3, -0.25) is 10.1 Å². The summed E-state index contributed by atoms with van der Waals surface area (Å²) in [7, 11) is 0. The third-order valence-electron chi connectivity index (χ3n) is 3.62. The van der Waals surface area contributed by atoms with Crippen molar-refractivity contribution in [1.82, 2.24) is 5.32 Å². The first-order valence-electron chi connectivity index (χ1n) is 7.85. The van der Waals surface area contributed by atoms with E-state index in [1.807, 2.05) is 60.7 Å². The summed E-state index contributed by atoms with van der Waals surface area (Å²) in [6.07, 6.45) is -1.79. The highest BCUT2D eigenvalue weighted by Crippen LogP contribution is 2.08. The van der Waals surface area contributed by atoms with Crippen molar-refractivity contribution in [1.29, 1.82) is 0 Å². The summed E-state index contributed by atoms with van der Waals surface area (Å²) < 4.78 is 5.12. The molecular formula is C18H20N2O5. The molecule has 0 saturated heterocycles. The monoisotopic (exact) mass is 344 g/mol. The van der Waals surface area contributed by atoms with E-state index < -0.39 is 29.7 Å². The van der Waals surface area contributed by atoms with Gasteiger partial charge in [-0.25, -0.2) is 4.79 Å². The Balaban J connectivity index is 1.96. The van der Waals surface area contributed by atoms with Gasteiger partial charge in [0.15, 0.2) is 0 Å². The minimum absolute atomic E-state index is 0.0794. The largest absolute Gasteiger partial charge is 0.445 e. The molecule has 0 saturated carbocycles. The van der Waals surface area contributed by atoms with Crippen molar-refractivity contribution >= 4 is 6.09 Å². The third kappa shape index (κ3) is 6.60. The van der Waals surface area contributed by atoms with Gasteiger partial charge in [0.1, 0.15) is 12.7 Å². The van der Waals surface area contributed by atoms with Gasteiger partial charge < -0.3 is 15.2 Å². The predicted octanol–water partition coefficient (Wildman–Crippen LogP) is 2.16. The molecule has 2 atom stereocenters. The molecular weight excluding hydrogens is 324 g/mol. The van der Waals surface area contributed by atoms with Crippen LogP contribution in [0.1, 0.15) is 11.1 Å². The van der Waals surface area contributed by atoms with Gasteiger partial charge in [0.25, 0.3) is 0 Å². The number of hydrogen-bond acceptors (Lipinski definition) is 5. The van der Waals surface area contributed by atoms with Gasteiger partial charge in [0.05, 0.1) is 6.04 Å². The van der Waals surface area contributed by atoms with Crippen molar-refractivity contribution < 1.29 is 19.6 Å². The first-order valence-corrected chi connectivity index (χ1v) is 7.85. The highest BCUT2D eigenvalue weighted by molar-refractivity contribution is 5.67. The molecule has 0 aliphatic carbocycles. The zero-order chi connectivity index (χ0) is 18.1. The second kappa shape index (κ2) is 9.39. The third-order valence-corrected chi connectivity index (χ3v) is 3.62. The number of amides is 1. The van der Waals surface area contributed by atoms with Gasteiger partial charge in [0, 0.05) is 4.92 Å². The van der Waals surface area contributed by atoms with Crippen LogP contribution < -0.4 is 5.32 Å². The number of hydrogen-bond donors (Lipinski definition) is 2. The number of ether oxygens (including phenoxy) is 1. The number of alkyl carbamates (subject to hydrolysis) is 1. The van der Waals surface area contributed by atoms with Crippen LogP contribution in [0.25, 0.3) is 0 Å². The Bertz CT molecular complexity index is 678. The molecule has 1 amide bonds. The number of nitrogens with zero attached hydrogens (tertiary/aromatic N) is 1. The van der Waals surface area contributed by atoms with Crippen LogP contribution in [0.15, 0.2) is 60.7 Å². The maximum absolute atomic E-state index is 12.0. The highest BCUT2D eigenvalue weighted by atomic mass is 16.6. The lowest BCUT2D eigenvalue weighted by atomic mass is 10.0. The van der Waals surface area contributed by atoms with E-state index >= 15 is 0 Å². The van der Waals surface area contributed by atoms with Crippen LogP contribution in [-0.2, 0) is 17.8 Å². The molecule has 0 fully saturated rings. The van der Waals surface area contributed by atoms with Crippen LogP contribution in [0.2, 0.25) is 0 Å². The fraction of sp³-hybridized carbons (Fsp3) is 0.278. The van der Waals surface area contributed by atoms with Crippen LogP contribution >= 0.6 is 0 Å². The first-order chi connectivity index (χ1) is 12.0. The van der Waals surface area contributed by atoms with Crippen LogP contribution in [0, 0.1) is 10.1 Å². The fourth-order valence-electron chi connectivity index (χ4n) is 2.35. The minimum Gasteiger partial charge on any atom is -0.445 e. The molecule has 0 aliphatic rings. The second-order valence-corrected chi connectivity index (χ2v) is 5.58. The zero-order valence-electron chi connectivity index (χ0n) is 13.6. The van der Waals surface area contributed by atoms with Gasteiger partial charge in [-0.1, -0.05) is 60.7 Å². The molecule has 2 aromatic rings. The minimum atomic E-state index is -1.32. The van der Waals surface area contributed by atoms with Crippen molar-refractivity contribution in [3.05, 3.63) is 81.9 Å². The molecule has 0 aliphatic heterocycles. The summed E-state index contributed by atoms with van der Waals surface area (Å²) in [6, 6.07) is 17.4. The molecule has 2 unspecified atom stereocenters. The zero-order valence-corrected chi connectivity index (χ0v) is 13.6. The molecule has 7 heteroatoms. The molecule has 2 aromatic carbocycles. The van der Waals surface area contributed by atoms with Crippen LogP contribution in [-0.4, -0.2) is 34.8 Å². The van der Waals surface area contributed by atoms with E-state index in [0.717, 1.165) is 11.1 Å². The molecule has 2 N–H and O–H groups in total. The van der Waals surface area contributed by atoms with E-state index in [1.54, 1.807) is 0 Å². The molecule has 0 radical (unpaired) electrons. The second-order valence-electron chi connectivity index (χ2n) is 5.58. The van der Waals surface area contributed by atoms with E-state index in [2.05, 4.69) is 5.32 Å². The number of carbonyl (C=O) groups excluding carboxylic acids is 1. The Kier molecular flexibility index (Phi) is 6.91. The van der Waals surface area contributed by atoms with Crippen LogP contribution in [0.4, 0.5) is 4.79 Å². The maximum Gasteiger partial charge on any atom is 0.407 e. The van der Waals surface area contributed by atoms with Crippen molar-refractivity contribution in [3.8, 4) is 0 Å². The Morgan fingerprint density at radius 3 is 2.20 bits per heavy atom. The summed E-state index contributed by atoms with van der Waals surface area (Å²) >= 11 is 0. The van der Waals surface area contributed by atoms with Gasteiger partial charge in [-0.15, -0.1) is 0 Å². The maximum atomic E-state index is 12.0. The van der Waals surface area contributed by atoms with Gasteiger partial charge in [0.2, 0.25) is 6.54 Å². The summed E-state index contributed by atoms with van der Waals surface area (Å²) in [5, 5.41) is 23.3. The Labute approximate surface area is 145 Å². The molecule has 0 bridgehead atoms. The van der Waals surface area contributed by atoms with Crippen LogP contribution in [0.5, 0.6) is 0 Å². The average Bonchev–Trinajstić information content (AvgIpc) is 2.60. The van der Waals surface area contributed by atoms with E-state index in [-0.39, 0.29) is 13.0 Å². The highest BCUT2D eigenvalue weighted by Gasteiger charge is 2.26. The normalized spacial score (nSPS) is 12.8. The number of aliphatic hydroxyl groups is 1. The number of nitro groups is 1. The quantitative estimate of drug-likeness (QED) is 0.564. The van der Waals surface area contributed by atoms with E-state index in [0.29, 0.717) is 0 Å². The standard InChI is InChI=1S/C18H20N2O5/c21-17(12-20(23)24)16(11-14-7-3-1-4-8-14)19-18(22)25-13-15-9-5-2-6-10-15/h1-10,16-17,21H,11-13H2,(H,19,22). The molecule has 2 rings (SSSR count). The summed E-state index contributed by atoms with van der Waals surface area (Å²) in [5.74, 6) is 0. The number of carbonyl (C=O) groups is 1. The van der Waals surface area contributed by atoms with Crippen molar-refractivity contribution in [2.24, 2.45) is 0 Å². The predicted molar refractivity (Wildman–Crippen MR) is 91.6 cm³/mol. The summed E-state index contributed by atoms with van der Waals surface area (Å²) in [5.41, 5.74) is 1.67. The lowest BCUT2D eigenvalue weighted by Gasteiger charge is -2.21. The average molecular weight is 344 g/mol. The number of rotatable bonds is 8. The fourth-order valence-corrected chi connectivity index (χ4v) is 2.35. The van der Waals surface area contributed by atoms with Crippen molar-refractivity contribution in [2.75, 3.05) is 6.54 Å². The lowest BCUT2D eigenvalue weighted by molar-refractivity contribution is -0.491. The van der Waals surface area contributed by atoms with E-state index in [4.69, 9.17) is 4.74 Å². The summed E-state index contributed by atoms with van der Waals surface area (Å²) in [6.45, 7) is -0.577. The first kappa shape index (κ1) is 18.4. The van der Waals surface area contributed by atoms with Gasteiger partial charge in [-0.05, 0) is 17.5 Å². The van der Waals surface area contributed by atoms with Crippen molar-refractivity contribution in [2.45, 2.75) is 25.2 Å². The molecule has 7 nitrogen and oxygen atoms in total. The van der Waals surface area contributed by atoms with E-state index in [1.165, 1.54) is 0 Å².